The summed E-state index contributed by atoms with van der Waals surface area (Å²) in [6.45, 7) is 1.51. The molecule has 0 radical (unpaired) electrons. The van der Waals surface area contributed by atoms with Crippen molar-refractivity contribution in [2.24, 2.45) is 0 Å². The van der Waals surface area contributed by atoms with Gasteiger partial charge in [-0.05, 0) is 57.6 Å². The Balaban J connectivity index is 2.48. The van der Waals surface area contributed by atoms with Crippen molar-refractivity contribution in [2.45, 2.75) is 18.9 Å². The maximum Gasteiger partial charge on any atom is 0.287 e. The second kappa shape index (κ2) is 10.3. The molecule has 1 heterocycles. The lowest BCUT2D eigenvalue weighted by Crippen LogP contribution is -2.47. The zero-order valence-electron chi connectivity index (χ0n) is 13.4. The third kappa shape index (κ3) is 7.00. The molecular formula is C15H25N3O3S. The molecule has 1 atom stereocenters. The summed E-state index contributed by atoms with van der Waals surface area (Å²) in [5.41, 5.74) is 0. The van der Waals surface area contributed by atoms with Crippen LogP contribution >= 0.6 is 11.8 Å². The van der Waals surface area contributed by atoms with Gasteiger partial charge in [0.15, 0.2) is 5.76 Å². The third-order valence-corrected chi connectivity index (χ3v) is 3.70. The zero-order valence-corrected chi connectivity index (χ0v) is 14.2. The first-order chi connectivity index (χ1) is 10.5. The van der Waals surface area contributed by atoms with Crippen molar-refractivity contribution in [3.63, 3.8) is 0 Å². The minimum atomic E-state index is -0.538. The molecule has 2 amide bonds. The van der Waals surface area contributed by atoms with Crippen LogP contribution in [0.15, 0.2) is 22.8 Å². The predicted octanol–water partition coefficient (Wildman–Crippen LogP) is 1.20. The van der Waals surface area contributed by atoms with Crippen LogP contribution < -0.4 is 10.6 Å². The second-order valence-electron chi connectivity index (χ2n) is 5.23. The molecule has 1 unspecified atom stereocenters. The molecule has 1 aromatic heterocycles. The number of hydrogen-bond donors (Lipinski definition) is 2. The van der Waals surface area contributed by atoms with E-state index in [0.717, 1.165) is 18.7 Å². The quantitative estimate of drug-likeness (QED) is 0.632. The molecule has 1 aromatic rings. The monoisotopic (exact) mass is 327 g/mol. The fraction of sp³-hybridized carbons (Fsp3) is 0.600. The molecular weight excluding hydrogens is 302 g/mol. The van der Waals surface area contributed by atoms with E-state index in [0.29, 0.717) is 13.0 Å². The molecule has 0 aliphatic heterocycles. The molecule has 2 N–H and O–H groups in total. The van der Waals surface area contributed by atoms with Gasteiger partial charge in [0, 0.05) is 6.54 Å². The number of thioether (sulfide) groups is 1. The predicted molar refractivity (Wildman–Crippen MR) is 89.1 cm³/mol. The highest BCUT2D eigenvalue weighted by molar-refractivity contribution is 7.98. The molecule has 0 saturated heterocycles. The van der Waals surface area contributed by atoms with Crippen molar-refractivity contribution in [3.8, 4) is 0 Å². The summed E-state index contributed by atoms with van der Waals surface area (Å²) in [7, 11) is 3.99. The minimum absolute atomic E-state index is 0.146. The summed E-state index contributed by atoms with van der Waals surface area (Å²) in [5.74, 6) is 0.510. The Morgan fingerprint density at radius 3 is 2.77 bits per heavy atom. The maximum absolute atomic E-state index is 12.2. The van der Waals surface area contributed by atoms with Gasteiger partial charge in [0.25, 0.3) is 5.91 Å². The van der Waals surface area contributed by atoms with Crippen LogP contribution in [0.3, 0.4) is 0 Å². The van der Waals surface area contributed by atoms with Crippen molar-refractivity contribution >= 4 is 23.6 Å². The van der Waals surface area contributed by atoms with E-state index in [-0.39, 0.29) is 17.6 Å². The van der Waals surface area contributed by atoms with E-state index in [1.54, 1.807) is 23.9 Å². The van der Waals surface area contributed by atoms with Gasteiger partial charge in [-0.15, -0.1) is 0 Å². The Morgan fingerprint density at radius 2 is 2.18 bits per heavy atom. The van der Waals surface area contributed by atoms with Crippen LogP contribution in [0.5, 0.6) is 0 Å². The van der Waals surface area contributed by atoms with Crippen molar-refractivity contribution in [1.82, 2.24) is 15.5 Å². The molecule has 0 saturated carbocycles. The highest BCUT2D eigenvalue weighted by Gasteiger charge is 2.21. The number of furan rings is 1. The molecule has 6 nitrogen and oxygen atoms in total. The largest absolute Gasteiger partial charge is 0.459 e. The summed E-state index contributed by atoms with van der Waals surface area (Å²) >= 11 is 1.64. The smallest absolute Gasteiger partial charge is 0.287 e. The molecule has 124 valence electrons. The first kappa shape index (κ1) is 18.6. The topological polar surface area (TPSA) is 74.6 Å². The molecule has 0 aliphatic carbocycles. The zero-order chi connectivity index (χ0) is 16.4. The van der Waals surface area contributed by atoms with Crippen LogP contribution in [-0.2, 0) is 4.79 Å². The molecule has 0 fully saturated rings. The van der Waals surface area contributed by atoms with Gasteiger partial charge in [-0.1, -0.05) is 0 Å². The van der Waals surface area contributed by atoms with Gasteiger partial charge in [-0.3, -0.25) is 9.59 Å². The van der Waals surface area contributed by atoms with Gasteiger partial charge >= 0.3 is 0 Å². The molecule has 7 heteroatoms. The number of carbonyl (C=O) groups excluding carboxylic acids is 2. The van der Waals surface area contributed by atoms with Crippen molar-refractivity contribution in [2.75, 3.05) is 39.2 Å². The van der Waals surface area contributed by atoms with E-state index in [1.165, 1.54) is 6.26 Å². The molecule has 0 bridgehead atoms. The summed E-state index contributed by atoms with van der Waals surface area (Å²) in [6, 6.07) is 2.69. The van der Waals surface area contributed by atoms with Gasteiger partial charge in [-0.25, -0.2) is 0 Å². The van der Waals surface area contributed by atoms with E-state index in [9.17, 15) is 9.59 Å². The van der Waals surface area contributed by atoms with Crippen molar-refractivity contribution < 1.29 is 14.0 Å². The first-order valence-corrected chi connectivity index (χ1v) is 8.69. The number of hydrogen-bond acceptors (Lipinski definition) is 5. The van der Waals surface area contributed by atoms with Crippen LogP contribution in [0.2, 0.25) is 0 Å². The number of carbonyl (C=O) groups is 2. The van der Waals surface area contributed by atoms with Crippen LogP contribution in [-0.4, -0.2) is 61.9 Å². The maximum atomic E-state index is 12.2. The fourth-order valence-electron chi connectivity index (χ4n) is 1.87. The lowest BCUT2D eigenvalue weighted by Gasteiger charge is -2.18. The van der Waals surface area contributed by atoms with Crippen LogP contribution in [0.4, 0.5) is 0 Å². The normalized spacial score (nSPS) is 12.2. The second-order valence-corrected chi connectivity index (χ2v) is 6.22. The first-order valence-electron chi connectivity index (χ1n) is 7.30. The average Bonchev–Trinajstić information content (AvgIpc) is 3.01. The highest BCUT2D eigenvalue weighted by Crippen LogP contribution is 2.05. The number of rotatable bonds is 10. The van der Waals surface area contributed by atoms with Crippen LogP contribution in [0, 0.1) is 0 Å². The molecule has 1 rings (SSSR count). The van der Waals surface area contributed by atoms with Crippen molar-refractivity contribution in [1.29, 1.82) is 0 Å². The molecule has 22 heavy (non-hydrogen) atoms. The van der Waals surface area contributed by atoms with Gasteiger partial charge in [0.05, 0.1) is 6.26 Å². The lowest BCUT2D eigenvalue weighted by molar-refractivity contribution is -0.123. The van der Waals surface area contributed by atoms with E-state index < -0.39 is 6.04 Å². The van der Waals surface area contributed by atoms with E-state index in [4.69, 9.17) is 4.42 Å². The molecule has 0 aromatic carbocycles. The molecule has 0 spiro atoms. The lowest BCUT2D eigenvalue weighted by atomic mass is 10.2. The van der Waals surface area contributed by atoms with E-state index in [2.05, 4.69) is 15.5 Å². The summed E-state index contributed by atoms with van der Waals surface area (Å²) in [4.78, 5) is 26.3. The minimum Gasteiger partial charge on any atom is -0.459 e. The van der Waals surface area contributed by atoms with Gasteiger partial charge < -0.3 is 20.0 Å². The summed E-state index contributed by atoms with van der Waals surface area (Å²) in [5, 5.41) is 5.61. The number of nitrogens with one attached hydrogen (secondary N) is 2. The fourth-order valence-corrected chi connectivity index (χ4v) is 2.34. The Hall–Kier alpha value is -1.47. The Kier molecular flexibility index (Phi) is 8.69. The standard InChI is InChI=1S/C15H25N3O3S/c1-18(2)9-5-8-16-14(19)12(7-11-22-3)17-15(20)13-6-4-10-21-13/h4,6,10,12H,5,7-9,11H2,1-3H3,(H,16,19)(H,17,20). The van der Waals surface area contributed by atoms with E-state index in [1.807, 2.05) is 20.4 Å². The van der Waals surface area contributed by atoms with Crippen LogP contribution in [0.1, 0.15) is 23.4 Å². The number of amides is 2. The Labute approximate surface area is 136 Å². The molecule has 0 aliphatic rings. The summed E-state index contributed by atoms with van der Waals surface area (Å²) in [6.07, 6.45) is 4.88. The summed E-state index contributed by atoms with van der Waals surface area (Å²) < 4.78 is 5.05. The van der Waals surface area contributed by atoms with Crippen LogP contribution in [0.25, 0.3) is 0 Å². The van der Waals surface area contributed by atoms with Gasteiger partial charge in [-0.2, -0.15) is 11.8 Å². The van der Waals surface area contributed by atoms with Gasteiger partial charge in [0.2, 0.25) is 5.91 Å². The number of nitrogens with zero attached hydrogens (tertiary/aromatic N) is 1. The van der Waals surface area contributed by atoms with E-state index >= 15 is 0 Å². The Morgan fingerprint density at radius 1 is 1.41 bits per heavy atom. The highest BCUT2D eigenvalue weighted by atomic mass is 32.2. The SMILES string of the molecule is CSCCC(NC(=O)c1ccco1)C(=O)NCCCN(C)C. The Bertz CT molecular complexity index is 449. The van der Waals surface area contributed by atoms with Gasteiger partial charge in [0.1, 0.15) is 6.04 Å². The third-order valence-electron chi connectivity index (χ3n) is 3.06. The average molecular weight is 327 g/mol. The van der Waals surface area contributed by atoms with Crippen molar-refractivity contribution in [3.05, 3.63) is 24.2 Å².